The Balaban J connectivity index is 1.62. The quantitative estimate of drug-likeness (QED) is 0.542. The van der Waals surface area contributed by atoms with Gasteiger partial charge in [-0.2, -0.15) is 5.10 Å². The Morgan fingerprint density at radius 2 is 1.90 bits per heavy atom. The molecule has 3 aromatic rings. The van der Waals surface area contributed by atoms with Gasteiger partial charge in [0, 0.05) is 24.3 Å². The van der Waals surface area contributed by atoms with Crippen molar-refractivity contribution < 1.29 is 14.3 Å². The maximum Gasteiger partial charge on any atom is 0.274 e. The van der Waals surface area contributed by atoms with Gasteiger partial charge in [-0.25, -0.2) is 4.68 Å². The SMILES string of the molecule is CCOc1ccc(CN(CC)C(=O)c2nn(-c3ccccc3)c3c2CCC3)cc1OC. The van der Waals surface area contributed by atoms with Crippen molar-refractivity contribution in [3.05, 3.63) is 71.0 Å². The Hall–Kier alpha value is -3.28. The minimum atomic E-state index is -0.0248. The second kappa shape index (κ2) is 9.25. The van der Waals surface area contributed by atoms with Gasteiger partial charge in [0.2, 0.25) is 0 Å². The molecule has 1 amide bonds. The van der Waals surface area contributed by atoms with E-state index in [1.54, 1.807) is 7.11 Å². The highest BCUT2D eigenvalue weighted by atomic mass is 16.5. The number of aromatic nitrogens is 2. The second-order valence-corrected chi connectivity index (χ2v) is 7.61. The zero-order chi connectivity index (χ0) is 21.8. The summed E-state index contributed by atoms with van der Waals surface area (Å²) in [4.78, 5) is 15.3. The van der Waals surface area contributed by atoms with Crippen molar-refractivity contribution in [1.29, 1.82) is 0 Å². The molecule has 0 bridgehead atoms. The van der Waals surface area contributed by atoms with Gasteiger partial charge in [0.15, 0.2) is 17.2 Å². The second-order valence-electron chi connectivity index (χ2n) is 7.61. The summed E-state index contributed by atoms with van der Waals surface area (Å²) in [5, 5.41) is 4.77. The van der Waals surface area contributed by atoms with Crippen molar-refractivity contribution >= 4 is 5.91 Å². The molecule has 162 valence electrons. The van der Waals surface area contributed by atoms with Gasteiger partial charge in [0.1, 0.15) is 0 Å². The van der Waals surface area contributed by atoms with Crippen LogP contribution in [0.3, 0.4) is 0 Å². The molecule has 31 heavy (non-hydrogen) atoms. The standard InChI is InChI=1S/C25H29N3O3/c1-4-27(17-18-14-15-22(31-5-2)23(16-18)30-3)25(29)24-20-12-9-13-21(20)28(26-24)19-10-7-6-8-11-19/h6-8,10-11,14-16H,4-5,9,12-13,17H2,1-3H3. The number of carbonyl (C=O) groups is 1. The summed E-state index contributed by atoms with van der Waals surface area (Å²) in [6, 6.07) is 15.9. The van der Waals surface area contributed by atoms with E-state index in [-0.39, 0.29) is 5.91 Å². The lowest BCUT2D eigenvalue weighted by Gasteiger charge is -2.21. The van der Waals surface area contributed by atoms with E-state index in [4.69, 9.17) is 14.6 Å². The zero-order valence-electron chi connectivity index (χ0n) is 18.4. The Morgan fingerprint density at radius 3 is 2.61 bits per heavy atom. The van der Waals surface area contributed by atoms with Crippen LogP contribution in [0.1, 0.15) is 47.6 Å². The number of hydrogen-bond donors (Lipinski definition) is 0. The lowest BCUT2D eigenvalue weighted by Crippen LogP contribution is -2.31. The summed E-state index contributed by atoms with van der Waals surface area (Å²) >= 11 is 0. The molecule has 0 N–H and O–H groups in total. The molecule has 6 heteroatoms. The lowest BCUT2D eigenvalue weighted by atomic mass is 10.1. The van der Waals surface area contributed by atoms with Crippen LogP contribution in [0.2, 0.25) is 0 Å². The summed E-state index contributed by atoms with van der Waals surface area (Å²) in [5.74, 6) is 1.36. The highest BCUT2D eigenvalue weighted by molar-refractivity contribution is 5.94. The van der Waals surface area contributed by atoms with Crippen LogP contribution in [0.15, 0.2) is 48.5 Å². The minimum absolute atomic E-state index is 0.0248. The van der Waals surface area contributed by atoms with Crippen molar-refractivity contribution in [3.8, 4) is 17.2 Å². The average Bonchev–Trinajstić information content (AvgIpc) is 3.41. The minimum Gasteiger partial charge on any atom is -0.493 e. The molecule has 0 aliphatic heterocycles. The van der Waals surface area contributed by atoms with Crippen LogP contribution in [0.25, 0.3) is 5.69 Å². The Kier molecular flexibility index (Phi) is 6.26. The summed E-state index contributed by atoms with van der Waals surface area (Å²) < 4.78 is 13.0. The number of methoxy groups -OCH3 is 1. The topological polar surface area (TPSA) is 56.6 Å². The Bertz CT molecular complexity index is 1060. The van der Waals surface area contributed by atoms with Crippen LogP contribution in [-0.4, -0.2) is 40.8 Å². The summed E-state index contributed by atoms with van der Waals surface area (Å²) in [7, 11) is 1.63. The smallest absolute Gasteiger partial charge is 0.274 e. The Morgan fingerprint density at radius 1 is 1.10 bits per heavy atom. The predicted octanol–water partition coefficient (Wildman–Crippen LogP) is 4.43. The number of para-hydroxylation sites is 1. The first kappa shape index (κ1) is 21.0. The molecule has 0 saturated carbocycles. The van der Waals surface area contributed by atoms with Crippen molar-refractivity contribution in [2.75, 3.05) is 20.3 Å². The van der Waals surface area contributed by atoms with E-state index >= 15 is 0 Å². The van der Waals surface area contributed by atoms with Crippen LogP contribution in [-0.2, 0) is 19.4 Å². The third-order valence-corrected chi connectivity index (χ3v) is 5.70. The van der Waals surface area contributed by atoms with Gasteiger partial charge in [-0.1, -0.05) is 24.3 Å². The number of rotatable bonds is 8. The van der Waals surface area contributed by atoms with E-state index in [1.165, 1.54) is 0 Å². The molecule has 6 nitrogen and oxygen atoms in total. The van der Waals surface area contributed by atoms with Gasteiger partial charge in [0.05, 0.1) is 19.4 Å². The van der Waals surface area contributed by atoms with E-state index < -0.39 is 0 Å². The van der Waals surface area contributed by atoms with Crippen molar-refractivity contribution in [1.82, 2.24) is 14.7 Å². The molecule has 0 unspecified atom stereocenters. The monoisotopic (exact) mass is 419 g/mol. The molecule has 4 rings (SSSR count). The van der Waals surface area contributed by atoms with E-state index in [1.807, 2.05) is 72.0 Å². The molecule has 0 spiro atoms. The fraction of sp³-hybridized carbons (Fsp3) is 0.360. The fourth-order valence-corrected chi connectivity index (χ4v) is 4.17. The van der Waals surface area contributed by atoms with Gasteiger partial charge < -0.3 is 14.4 Å². The van der Waals surface area contributed by atoms with Gasteiger partial charge in [-0.05, 0) is 62.9 Å². The van der Waals surface area contributed by atoms with Crippen molar-refractivity contribution in [2.45, 2.75) is 39.7 Å². The van der Waals surface area contributed by atoms with Gasteiger partial charge in [0.25, 0.3) is 5.91 Å². The van der Waals surface area contributed by atoms with E-state index in [0.717, 1.165) is 41.8 Å². The number of carbonyl (C=O) groups excluding carboxylic acids is 1. The number of fused-ring (bicyclic) bond motifs is 1. The summed E-state index contributed by atoms with van der Waals surface area (Å²) in [6.07, 6.45) is 2.91. The molecular weight excluding hydrogens is 390 g/mol. The fourth-order valence-electron chi connectivity index (χ4n) is 4.17. The summed E-state index contributed by atoms with van der Waals surface area (Å²) in [5.41, 5.74) is 4.83. The van der Waals surface area contributed by atoms with Crippen LogP contribution in [0.4, 0.5) is 0 Å². The maximum absolute atomic E-state index is 13.5. The molecule has 1 aliphatic rings. The number of benzene rings is 2. The molecule has 1 heterocycles. The van der Waals surface area contributed by atoms with E-state index in [0.29, 0.717) is 36.9 Å². The van der Waals surface area contributed by atoms with Crippen LogP contribution < -0.4 is 9.47 Å². The molecule has 1 aromatic heterocycles. The maximum atomic E-state index is 13.5. The molecule has 1 aliphatic carbocycles. The van der Waals surface area contributed by atoms with Crippen molar-refractivity contribution in [2.24, 2.45) is 0 Å². The number of hydrogen-bond acceptors (Lipinski definition) is 4. The predicted molar refractivity (Wildman–Crippen MR) is 120 cm³/mol. The molecular formula is C25H29N3O3. The van der Waals surface area contributed by atoms with Crippen molar-refractivity contribution in [3.63, 3.8) is 0 Å². The van der Waals surface area contributed by atoms with Crippen LogP contribution in [0, 0.1) is 0 Å². The van der Waals surface area contributed by atoms with Gasteiger partial charge in [-0.15, -0.1) is 0 Å². The molecule has 0 radical (unpaired) electrons. The molecule has 0 fully saturated rings. The highest BCUT2D eigenvalue weighted by Crippen LogP contribution is 2.30. The Labute approximate surface area is 183 Å². The first-order chi connectivity index (χ1) is 15.2. The first-order valence-corrected chi connectivity index (χ1v) is 10.9. The highest BCUT2D eigenvalue weighted by Gasteiger charge is 2.29. The lowest BCUT2D eigenvalue weighted by molar-refractivity contribution is 0.0745. The molecule has 0 atom stereocenters. The van der Waals surface area contributed by atoms with E-state index in [2.05, 4.69) is 0 Å². The number of nitrogens with zero attached hydrogens (tertiary/aromatic N) is 3. The third kappa shape index (κ3) is 4.15. The molecule has 0 saturated heterocycles. The zero-order valence-corrected chi connectivity index (χ0v) is 18.4. The average molecular weight is 420 g/mol. The van der Waals surface area contributed by atoms with Crippen LogP contribution in [0.5, 0.6) is 11.5 Å². The largest absolute Gasteiger partial charge is 0.493 e. The normalized spacial score (nSPS) is 12.5. The molecule has 2 aromatic carbocycles. The number of ether oxygens (including phenoxy) is 2. The van der Waals surface area contributed by atoms with Gasteiger partial charge in [-0.3, -0.25) is 4.79 Å². The first-order valence-electron chi connectivity index (χ1n) is 10.9. The number of amides is 1. The third-order valence-electron chi connectivity index (χ3n) is 5.70. The van der Waals surface area contributed by atoms with Gasteiger partial charge >= 0.3 is 0 Å². The van der Waals surface area contributed by atoms with Crippen LogP contribution >= 0.6 is 0 Å². The van der Waals surface area contributed by atoms with E-state index in [9.17, 15) is 4.79 Å². The summed E-state index contributed by atoms with van der Waals surface area (Å²) in [6.45, 7) is 5.60.